The molecule has 1 fully saturated rings. The summed E-state index contributed by atoms with van der Waals surface area (Å²) in [5, 5.41) is 1.05. The maximum atomic E-state index is 12.9. The molecule has 3 heterocycles. The number of para-hydroxylation sites is 1. The number of aryl methyl sites for hydroxylation is 1. The van der Waals surface area contributed by atoms with Crippen LogP contribution in [-0.2, 0) is 4.79 Å². The van der Waals surface area contributed by atoms with Crippen LogP contribution in [0.4, 0.5) is 5.82 Å². The number of pyridine rings is 1. The molecule has 0 atom stereocenters. The van der Waals surface area contributed by atoms with E-state index in [1.54, 1.807) is 36.3 Å². The fourth-order valence-corrected chi connectivity index (χ4v) is 4.50. The molecule has 1 aromatic heterocycles. The number of hydrogen-bond donors (Lipinski definition) is 0. The SMILES string of the molecule is COc1cccc2c(C)cc(N3CCN(C(=O)CN4C(=O)c5ccccc5C4=O)CC3)nc12. The van der Waals surface area contributed by atoms with Gasteiger partial charge < -0.3 is 14.5 Å². The van der Waals surface area contributed by atoms with Gasteiger partial charge in [0, 0.05) is 31.6 Å². The van der Waals surface area contributed by atoms with E-state index in [0.717, 1.165) is 32.9 Å². The Morgan fingerprint density at radius 2 is 1.64 bits per heavy atom. The van der Waals surface area contributed by atoms with Gasteiger partial charge in [-0.2, -0.15) is 0 Å². The Morgan fingerprint density at radius 1 is 0.970 bits per heavy atom. The number of ether oxygens (including phenoxy) is 1. The van der Waals surface area contributed by atoms with Crippen LogP contribution in [0.5, 0.6) is 5.75 Å². The number of nitrogens with zero attached hydrogens (tertiary/aromatic N) is 4. The molecule has 8 heteroatoms. The molecule has 3 aromatic rings. The molecule has 0 spiro atoms. The molecule has 8 nitrogen and oxygen atoms in total. The zero-order valence-corrected chi connectivity index (χ0v) is 18.6. The number of imide groups is 1. The lowest BCUT2D eigenvalue weighted by atomic mass is 10.1. The van der Waals surface area contributed by atoms with E-state index in [9.17, 15) is 14.4 Å². The second-order valence-corrected chi connectivity index (χ2v) is 8.26. The Kier molecular flexibility index (Phi) is 5.20. The van der Waals surface area contributed by atoms with Gasteiger partial charge in [0.25, 0.3) is 11.8 Å². The summed E-state index contributed by atoms with van der Waals surface area (Å²) in [6.07, 6.45) is 0. The highest BCUT2D eigenvalue weighted by Crippen LogP contribution is 2.29. The minimum Gasteiger partial charge on any atom is -0.494 e. The van der Waals surface area contributed by atoms with E-state index in [-0.39, 0.29) is 12.5 Å². The van der Waals surface area contributed by atoms with E-state index in [0.29, 0.717) is 37.3 Å². The van der Waals surface area contributed by atoms with Crippen LogP contribution in [0.15, 0.2) is 48.5 Å². The maximum Gasteiger partial charge on any atom is 0.262 e. The average Bonchev–Trinajstić information content (AvgIpc) is 3.08. The predicted octanol–water partition coefficient (Wildman–Crippen LogP) is 2.50. The molecule has 0 N–H and O–H groups in total. The molecule has 0 radical (unpaired) electrons. The van der Waals surface area contributed by atoms with Gasteiger partial charge in [-0.3, -0.25) is 19.3 Å². The van der Waals surface area contributed by atoms with Crippen molar-refractivity contribution in [1.29, 1.82) is 0 Å². The average molecular weight is 444 g/mol. The first-order valence-electron chi connectivity index (χ1n) is 10.9. The second kappa shape index (κ2) is 8.20. The number of fused-ring (bicyclic) bond motifs is 2. The van der Waals surface area contributed by atoms with Crippen molar-refractivity contribution in [3.8, 4) is 5.75 Å². The molecule has 2 aliphatic heterocycles. The number of hydrogen-bond acceptors (Lipinski definition) is 6. The number of piperazine rings is 1. The number of carbonyl (C=O) groups is 3. The molecular weight excluding hydrogens is 420 g/mol. The van der Waals surface area contributed by atoms with Gasteiger partial charge in [0.15, 0.2) is 0 Å². The lowest BCUT2D eigenvalue weighted by Gasteiger charge is -2.36. The topological polar surface area (TPSA) is 83.0 Å². The van der Waals surface area contributed by atoms with Crippen molar-refractivity contribution in [3.63, 3.8) is 0 Å². The van der Waals surface area contributed by atoms with E-state index in [4.69, 9.17) is 9.72 Å². The van der Waals surface area contributed by atoms with Gasteiger partial charge in [-0.15, -0.1) is 0 Å². The van der Waals surface area contributed by atoms with Crippen molar-refractivity contribution in [2.75, 3.05) is 44.7 Å². The number of aromatic nitrogens is 1. The molecule has 3 amide bonds. The van der Waals surface area contributed by atoms with Gasteiger partial charge in [0.05, 0.1) is 18.2 Å². The lowest BCUT2D eigenvalue weighted by molar-refractivity contribution is -0.131. The Labute approximate surface area is 191 Å². The van der Waals surface area contributed by atoms with Gasteiger partial charge in [-0.05, 0) is 36.8 Å². The van der Waals surface area contributed by atoms with Gasteiger partial charge >= 0.3 is 0 Å². The van der Waals surface area contributed by atoms with E-state index in [1.165, 1.54) is 0 Å². The van der Waals surface area contributed by atoms with Crippen molar-refractivity contribution in [3.05, 3.63) is 65.2 Å². The third-order valence-electron chi connectivity index (χ3n) is 6.34. The van der Waals surface area contributed by atoms with Crippen LogP contribution in [0.3, 0.4) is 0 Å². The van der Waals surface area contributed by atoms with Crippen LogP contribution in [0, 0.1) is 6.92 Å². The summed E-state index contributed by atoms with van der Waals surface area (Å²) in [5.74, 6) is 0.525. The molecule has 0 saturated carbocycles. The molecule has 2 aromatic carbocycles. The number of rotatable bonds is 4. The van der Waals surface area contributed by atoms with Gasteiger partial charge in [0.2, 0.25) is 5.91 Å². The molecule has 33 heavy (non-hydrogen) atoms. The summed E-state index contributed by atoms with van der Waals surface area (Å²) < 4.78 is 5.48. The zero-order valence-electron chi connectivity index (χ0n) is 18.6. The van der Waals surface area contributed by atoms with E-state index < -0.39 is 11.8 Å². The fraction of sp³-hybridized carbons (Fsp3) is 0.280. The molecule has 5 rings (SSSR count). The Hall–Kier alpha value is -3.94. The number of benzene rings is 2. The summed E-state index contributed by atoms with van der Waals surface area (Å²) >= 11 is 0. The van der Waals surface area contributed by atoms with Crippen molar-refractivity contribution >= 4 is 34.4 Å². The van der Waals surface area contributed by atoms with Crippen molar-refractivity contribution in [2.24, 2.45) is 0 Å². The third-order valence-corrected chi connectivity index (χ3v) is 6.34. The van der Waals surface area contributed by atoms with Crippen LogP contribution < -0.4 is 9.64 Å². The van der Waals surface area contributed by atoms with E-state index in [1.807, 2.05) is 18.2 Å². The number of carbonyl (C=O) groups excluding carboxylic acids is 3. The normalized spacial score (nSPS) is 15.9. The van der Waals surface area contributed by atoms with Crippen molar-refractivity contribution < 1.29 is 19.1 Å². The smallest absolute Gasteiger partial charge is 0.262 e. The summed E-state index contributed by atoms with van der Waals surface area (Å²) in [6, 6.07) is 14.6. The minimum atomic E-state index is -0.410. The minimum absolute atomic E-state index is 0.228. The first-order chi connectivity index (χ1) is 16.0. The summed E-state index contributed by atoms with van der Waals surface area (Å²) in [6.45, 7) is 4.02. The molecular formula is C25H24N4O4. The molecule has 1 saturated heterocycles. The quantitative estimate of drug-likeness (QED) is 0.575. The summed E-state index contributed by atoms with van der Waals surface area (Å²) in [4.78, 5) is 47.7. The van der Waals surface area contributed by atoms with E-state index in [2.05, 4.69) is 17.9 Å². The van der Waals surface area contributed by atoms with Crippen LogP contribution in [-0.4, -0.2) is 72.3 Å². The van der Waals surface area contributed by atoms with Crippen LogP contribution in [0.25, 0.3) is 10.9 Å². The lowest BCUT2D eigenvalue weighted by Crippen LogP contribution is -2.52. The zero-order chi connectivity index (χ0) is 23.1. The number of anilines is 1. The molecule has 0 unspecified atom stereocenters. The fourth-order valence-electron chi connectivity index (χ4n) is 4.50. The van der Waals surface area contributed by atoms with Gasteiger partial charge in [-0.1, -0.05) is 24.3 Å². The summed E-state index contributed by atoms with van der Waals surface area (Å²) in [7, 11) is 1.64. The molecule has 0 aliphatic carbocycles. The predicted molar refractivity (Wildman–Crippen MR) is 124 cm³/mol. The van der Waals surface area contributed by atoms with Crippen LogP contribution >= 0.6 is 0 Å². The van der Waals surface area contributed by atoms with Crippen LogP contribution in [0.2, 0.25) is 0 Å². The largest absolute Gasteiger partial charge is 0.494 e. The van der Waals surface area contributed by atoms with Crippen molar-refractivity contribution in [1.82, 2.24) is 14.8 Å². The molecule has 168 valence electrons. The standard InChI is InChI=1S/C25H24N4O4/c1-16-14-21(26-23-17(16)8-5-9-20(23)33-2)27-10-12-28(13-11-27)22(30)15-29-24(31)18-6-3-4-7-19(18)25(29)32/h3-9,14H,10-13,15H2,1-2H3. The second-order valence-electron chi connectivity index (χ2n) is 8.26. The van der Waals surface area contributed by atoms with Crippen molar-refractivity contribution in [2.45, 2.75) is 6.92 Å². The first-order valence-corrected chi connectivity index (χ1v) is 10.9. The number of amides is 3. The monoisotopic (exact) mass is 444 g/mol. The van der Waals surface area contributed by atoms with E-state index >= 15 is 0 Å². The molecule has 0 bridgehead atoms. The highest BCUT2D eigenvalue weighted by atomic mass is 16.5. The highest BCUT2D eigenvalue weighted by molar-refractivity contribution is 6.22. The Bertz CT molecular complexity index is 1250. The maximum absolute atomic E-state index is 12.9. The molecule has 2 aliphatic rings. The van der Waals surface area contributed by atoms with Gasteiger partial charge in [0.1, 0.15) is 23.6 Å². The Morgan fingerprint density at radius 3 is 2.27 bits per heavy atom. The first kappa shape index (κ1) is 20.9. The van der Waals surface area contributed by atoms with Crippen LogP contribution in [0.1, 0.15) is 26.3 Å². The van der Waals surface area contributed by atoms with Gasteiger partial charge in [-0.25, -0.2) is 4.98 Å². The number of methoxy groups -OCH3 is 1. The Balaban J connectivity index is 1.27. The highest BCUT2D eigenvalue weighted by Gasteiger charge is 2.37. The summed E-state index contributed by atoms with van der Waals surface area (Å²) in [5.41, 5.74) is 2.64. The third kappa shape index (κ3) is 3.57.